The Balaban J connectivity index is 1.35. The summed E-state index contributed by atoms with van der Waals surface area (Å²) >= 11 is 0. The van der Waals surface area contributed by atoms with Gasteiger partial charge in [0.2, 0.25) is 11.8 Å². The van der Waals surface area contributed by atoms with E-state index >= 15 is 0 Å². The largest absolute Gasteiger partial charge is 0.473 e. The molecule has 0 atom stereocenters. The van der Waals surface area contributed by atoms with E-state index in [0.29, 0.717) is 37.4 Å². The smallest absolute Gasteiger partial charge is 0.251 e. The molecule has 3 aromatic rings. The summed E-state index contributed by atoms with van der Waals surface area (Å²) in [7, 11) is 0. The van der Waals surface area contributed by atoms with Crippen LogP contribution < -0.4 is 15.4 Å². The minimum Gasteiger partial charge on any atom is -0.473 e. The van der Waals surface area contributed by atoms with E-state index in [-0.39, 0.29) is 11.8 Å². The molecule has 2 amide bonds. The molecule has 6 nitrogen and oxygen atoms in total. The molecule has 6 heteroatoms. The molecule has 29 heavy (non-hydrogen) atoms. The SMILES string of the molecule is O=C1CCc2cc(C(=O)NCc3ccnc(OCc4ccccc4)c3)ccc2N1. The number of pyridine rings is 1. The van der Waals surface area contributed by atoms with Crippen LogP contribution in [0.15, 0.2) is 66.9 Å². The van der Waals surface area contributed by atoms with Crippen LogP contribution in [0, 0.1) is 0 Å². The summed E-state index contributed by atoms with van der Waals surface area (Å²) in [5.74, 6) is 0.371. The van der Waals surface area contributed by atoms with Gasteiger partial charge in [-0.3, -0.25) is 9.59 Å². The number of carbonyl (C=O) groups excluding carboxylic acids is 2. The number of hydrogen-bond donors (Lipinski definition) is 2. The van der Waals surface area contributed by atoms with Crippen LogP contribution in [-0.2, 0) is 24.4 Å². The number of hydrogen-bond acceptors (Lipinski definition) is 4. The summed E-state index contributed by atoms with van der Waals surface area (Å²) in [6.07, 6.45) is 2.76. The van der Waals surface area contributed by atoms with E-state index in [4.69, 9.17) is 4.74 Å². The molecule has 0 fully saturated rings. The molecule has 0 aliphatic carbocycles. The van der Waals surface area contributed by atoms with Crippen LogP contribution in [0.1, 0.15) is 33.5 Å². The van der Waals surface area contributed by atoms with Gasteiger partial charge in [0.25, 0.3) is 5.91 Å². The van der Waals surface area contributed by atoms with E-state index in [1.807, 2.05) is 48.5 Å². The third kappa shape index (κ3) is 4.79. The Bertz CT molecular complexity index is 1030. The minimum atomic E-state index is -0.159. The second-order valence-electron chi connectivity index (χ2n) is 6.88. The first-order valence-corrected chi connectivity index (χ1v) is 9.50. The van der Waals surface area contributed by atoms with E-state index < -0.39 is 0 Å². The third-order valence-corrected chi connectivity index (χ3v) is 4.74. The first kappa shape index (κ1) is 18.7. The Hall–Kier alpha value is -3.67. The number of amides is 2. The maximum absolute atomic E-state index is 12.5. The molecular formula is C23H21N3O3. The molecule has 2 aromatic carbocycles. The van der Waals surface area contributed by atoms with E-state index in [2.05, 4.69) is 15.6 Å². The van der Waals surface area contributed by atoms with E-state index in [0.717, 1.165) is 22.4 Å². The van der Waals surface area contributed by atoms with Crippen molar-refractivity contribution in [3.05, 3.63) is 89.1 Å². The zero-order chi connectivity index (χ0) is 20.1. The topological polar surface area (TPSA) is 80.3 Å². The Morgan fingerprint density at radius 3 is 2.76 bits per heavy atom. The average molecular weight is 387 g/mol. The van der Waals surface area contributed by atoms with Gasteiger partial charge in [0.1, 0.15) is 6.61 Å². The minimum absolute atomic E-state index is 0.0117. The fraction of sp³-hybridized carbons (Fsp3) is 0.174. The number of benzene rings is 2. The standard InChI is InChI=1S/C23H21N3O3/c27-21-9-7-18-13-19(6-8-20(18)26-21)23(28)25-14-17-10-11-24-22(12-17)29-15-16-4-2-1-3-5-16/h1-6,8,10-13H,7,9,14-15H2,(H,25,28)(H,26,27). The lowest BCUT2D eigenvalue weighted by Crippen LogP contribution is -2.24. The molecule has 0 saturated heterocycles. The summed E-state index contributed by atoms with van der Waals surface area (Å²) < 4.78 is 5.74. The fourth-order valence-corrected chi connectivity index (χ4v) is 3.18. The lowest BCUT2D eigenvalue weighted by Gasteiger charge is -2.17. The van der Waals surface area contributed by atoms with Gasteiger partial charge in [0.15, 0.2) is 0 Å². The highest BCUT2D eigenvalue weighted by atomic mass is 16.5. The number of anilines is 1. The van der Waals surface area contributed by atoms with Crippen LogP contribution in [0.4, 0.5) is 5.69 Å². The molecule has 1 aromatic heterocycles. The Morgan fingerprint density at radius 1 is 1.03 bits per heavy atom. The number of fused-ring (bicyclic) bond motifs is 1. The Kier molecular flexibility index (Phi) is 5.52. The lowest BCUT2D eigenvalue weighted by atomic mass is 10.00. The quantitative estimate of drug-likeness (QED) is 0.679. The second-order valence-corrected chi connectivity index (χ2v) is 6.88. The highest BCUT2D eigenvalue weighted by molar-refractivity contribution is 5.97. The number of nitrogens with zero attached hydrogens (tertiary/aromatic N) is 1. The summed E-state index contributed by atoms with van der Waals surface area (Å²) in [5, 5.41) is 5.74. The zero-order valence-corrected chi connectivity index (χ0v) is 15.9. The van der Waals surface area contributed by atoms with E-state index in [1.54, 1.807) is 18.3 Å². The molecule has 1 aliphatic rings. The molecular weight excluding hydrogens is 366 g/mol. The molecule has 0 bridgehead atoms. The first-order chi connectivity index (χ1) is 14.2. The number of aryl methyl sites for hydroxylation is 1. The predicted molar refractivity (Wildman–Crippen MR) is 110 cm³/mol. The first-order valence-electron chi connectivity index (χ1n) is 9.50. The predicted octanol–water partition coefficient (Wildman–Crippen LogP) is 3.48. The van der Waals surface area contributed by atoms with Crippen LogP contribution in [0.25, 0.3) is 0 Å². The number of rotatable bonds is 6. The summed E-state index contributed by atoms with van der Waals surface area (Å²) in [6, 6.07) is 18.9. The van der Waals surface area contributed by atoms with Crippen LogP contribution in [0.2, 0.25) is 0 Å². The van der Waals surface area contributed by atoms with Crippen LogP contribution in [0.3, 0.4) is 0 Å². The van der Waals surface area contributed by atoms with Crippen molar-refractivity contribution >= 4 is 17.5 Å². The molecule has 2 N–H and O–H groups in total. The van der Waals surface area contributed by atoms with Gasteiger partial charge >= 0.3 is 0 Å². The van der Waals surface area contributed by atoms with Crippen molar-refractivity contribution < 1.29 is 14.3 Å². The Morgan fingerprint density at radius 2 is 1.90 bits per heavy atom. The molecule has 0 unspecified atom stereocenters. The second kappa shape index (κ2) is 8.56. The maximum Gasteiger partial charge on any atom is 0.251 e. The van der Waals surface area contributed by atoms with Gasteiger partial charge in [-0.2, -0.15) is 0 Å². The molecule has 0 spiro atoms. The monoisotopic (exact) mass is 387 g/mol. The molecule has 0 radical (unpaired) electrons. The maximum atomic E-state index is 12.5. The molecule has 146 valence electrons. The van der Waals surface area contributed by atoms with E-state index in [1.165, 1.54) is 0 Å². The van der Waals surface area contributed by atoms with Crippen LogP contribution in [-0.4, -0.2) is 16.8 Å². The molecule has 4 rings (SSSR count). The third-order valence-electron chi connectivity index (χ3n) is 4.74. The van der Waals surface area contributed by atoms with Gasteiger partial charge in [-0.15, -0.1) is 0 Å². The van der Waals surface area contributed by atoms with Gasteiger partial charge in [-0.1, -0.05) is 30.3 Å². The number of nitrogens with one attached hydrogen (secondary N) is 2. The van der Waals surface area contributed by atoms with Crippen molar-refractivity contribution in [3.8, 4) is 5.88 Å². The summed E-state index contributed by atoms with van der Waals surface area (Å²) in [4.78, 5) is 28.2. The van der Waals surface area contributed by atoms with Crippen LogP contribution >= 0.6 is 0 Å². The van der Waals surface area contributed by atoms with Gasteiger partial charge in [0.05, 0.1) is 0 Å². The highest BCUT2D eigenvalue weighted by Gasteiger charge is 2.16. The Labute approximate surface area is 168 Å². The molecule has 2 heterocycles. The normalized spacial score (nSPS) is 12.6. The number of carbonyl (C=O) groups is 2. The van der Waals surface area contributed by atoms with Gasteiger partial charge in [-0.05, 0) is 47.4 Å². The van der Waals surface area contributed by atoms with Crippen LogP contribution in [0.5, 0.6) is 5.88 Å². The fourth-order valence-electron chi connectivity index (χ4n) is 3.18. The van der Waals surface area contributed by atoms with Crippen molar-refractivity contribution in [2.75, 3.05) is 5.32 Å². The van der Waals surface area contributed by atoms with Crippen molar-refractivity contribution in [3.63, 3.8) is 0 Å². The number of aromatic nitrogens is 1. The van der Waals surface area contributed by atoms with Gasteiger partial charge < -0.3 is 15.4 Å². The van der Waals surface area contributed by atoms with Gasteiger partial charge in [0, 0.05) is 36.5 Å². The highest BCUT2D eigenvalue weighted by Crippen LogP contribution is 2.23. The molecule has 1 aliphatic heterocycles. The number of ether oxygens (including phenoxy) is 1. The van der Waals surface area contributed by atoms with Crippen molar-refractivity contribution in [2.24, 2.45) is 0 Å². The van der Waals surface area contributed by atoms with Gasteiger partial charge in [-0.25, -0.2) is 4.98 Å². The van der Waals surface area contributed by atoms with Crippen molar-refractivity contribution in [1.29, 1.82) is 0 Å². The lowest BCUT2D eigenvalue weighted by molar-refractivity contribution is -0.116. The summed E-state index contributed by atoms with van der Waals surface area (Å²) in [6.45, 7) is 0.812. The van der Waals surface area contributed by atoms with Crippen molar-refractivity contribution in [1.82, 2.24) is 10.3 Å². The van der Waals surface area contributed by atoms with E-state index in [9.17, 15) is 9.59 Å². The van der Waals surface area contributed by atoms with Crippen molar-refractivity contribution in [2.45, 2.75) is 26.0 Å². The summed E-state index contributed by atoms with van der Waals surface area (Å²) in [5.41, 5.74) is 4.32. The zero-order valence-electron chi connectivity index (χ0n) is 15.9. The molecule has 0 saturated carbocycles. The average Bonchev–Trinajstić information content (AvgIpc) is 2.76.